The molecular formula is C34H33F3O8. The predicted octanol–water partition coefficient (Wildman–Crippen LogP) is 6.55. The molecule has 0 amide bonds. The first-order valence-electron chi connectivity index (χ1n) is 14.8. The minimum atomic E-state index is -5.01. The SMILES string of the molecule is O=C(OC[C@H]1O[C@@H](OC2CCCCC2)[C@@H](C(F)(F)F)[C@@H](OC(=O)c2ccccc2)[C@@H]1OC(=O)c1ccccc1)c1ccccc1. The molecule has 5 rings (SSSR count). The maximum atomic E-state index is 15.0. The van der Waals surface area contributed by atoms with Crippen molar-refractivity contribution in [2.24, 2.45) is 5.92 Å². The van der Waals surface area contributed by atoms with E-state index < -0.39 is 67.3 Å². The van der Waals surface area contributed by atoms with Crippen molar-refractivity contribution in [2.45, 2.75) is 69.0 Å². The Morgan fingerprint density at radius 1 is 0.667 bits per heavy atom. The number of benzene rings is 3. The van der Waals surface area contributed by atoms with Gasteiger partial charge in [0, 0.05) is 0 Å². The first-order chi connectivity index (χ1) is 21.7. The topological polar surface area (TPSA) is 97.4 Å². The molecule has 5 atom stereocenters. The van der Waals surface area contributed by atoms with Gasteiger partial charge in [0.1, 0.15) is 18.6 Å². The lowest BCUT2D eigenvalue weighted by Gasteiger charge is -2.46. The standard InChI is InChI=1S/C34H33F3O8/c35-34(36,37)27-29(45-32(40)24-17-9-3-10-18-24)28(44-31(39)23-15-7-2-8-16-23)26(21-41-30(38)22-13-5-1-6-14-22)43-33(27)42-25-19-11-4-12-20-25/h1-3,5-10,13-18,25-29,33H,4,11-12,19-21H2/t26-,27+,28-,29-,33-/m1/s1. The largest absolute Gasteiger partial charge is 0.459 e. The van der Waals surface area contributed by atoms with Gasteiger partial charge in [-0.2, -0.15) is 13.2 Å². The summed E-state index contributed by atoms with van der Waals surface area (Å²) in [5.41, 5.74) is 0.242. The van der Waals surface area contributed by atoms with Gasteiger partial charge in [0.15, 0.2) is 18.5 Å². The van der Waals surface area contributed by atoms with E-state index in [1.165, 1.54) is 48.5 Å². The smallest absolute Gasteiger partial charge is 0.400 e. The van der Waals surface area contributed by atoms with Crippen LogP contribution in [0.1, 0.15) is 63.2 Å². The quantitative estimate of drug-likeness (QED) is 0.195. The lowest BCUT2D eigenvalue weighted by atomic mass is 9.89. The van der Waals surface area contributed by atoms with E-state index in [0.717, 1.165) is 19.3 Å². The minimum Gasteiger partial charge on any atom is -0.459 e. The number of halogens is 3. The fourth-order valence-corrected chi connectivity index (χ4v) is 5.52. The van der Waals surface area contributed by atoms with Crippen molar-refractivity contribution in [3.05, 3.63) is 108 Å². The minimum absolute atomic E-state index is 0.00476. The molecule has 1 saturated carbocycles. The van der Waals surface area contributed by atoms with E-state index in [9.17, 15) is 27.6 Å². The maximum Gasteiger partial charge on any atom is 0.400 e. The Hall–Kier alpha value is -4.22. The van der Waals surface area contributed by atoms with Crippen LogP contribution in [-0.2, 0) is 23.7 Å². The Bertz CT molecular complexity index is 1410. The third kappa shape index (κ3) is 8.29. The van der Waals surface area contributed by atoms with Gasteiger partial charge >= 0.3 is 24.1 Å². The number of carbonyl (C=O) groups excluding carboxylic acids is 3. The average molecular weight is 627 g/mol. The Labute approximate surface area is 258 Å². The molecule has 2 aliphatic rings. The maximum absolute atomic E-state index is 15.0. The number of alkyl halides is 3. The Morgan fingerprint density at radius 2 is 1.13 bits per heavy atom. The molecule has 3 aromatic carbocycles. The molecule has 238 valence electrons. The predicted molar refractivity (Wildman–Crippen MR) is 154 cm³/mol. The molecule has 3 aromatic rings. The summed E-state index contributed by atoms with van der Waals surface area (Å²) >= 11 is 0. The van der Waals surface area contributed by atoms with Gasteiger partial charge in [-0.15, -0.1) is 0 Å². The molecule has 0 unspecified atom stereocenters. The molecule has 1 aliphatic carbocycles. The normalized spacial score (nSPS) is 23.9. The lowest BCUT2D eigenvalue weighted by molar-refractivity contribution is -0.351. The number of hydrogen-bond donors (Lipinski definition) is 0. The second-order valence-corrected chi connectivity index (χ2v) is 10.9. The monoisotopic (exact) mass is 626 g/mol. The zero-order chi connectivity index (χ0) is 31.8. The van der Waals surface area contributed by atoms with Crippen LogP contribution >= 0.6 is 0 Å². The number of hydrogen-bond acceptors (Lipinski definition) is 8. The van der Waals surface area contributed by atoms with Crippen LogP contribution in [-0.4, -0.2) is 61.4 Å². The molecule has 45 heavy (non-hydrogen) atoms. The van der Waals surface area contributed by atoms with E-state index in [4.69, 9.17) is 23.7 Å². The second-order valence-electron chi connectivity index (χ2n) is 10.9. The molecule has 1 saturated heterocycles. The zero-order valence-corrected chi connectivity index (χ0v) is 24.3. The summed E-state index contributed by atoms with van der Waals surface area (Å²) in [6.45, 7) is -0.616. The van der Waals surface area contributed by atoms with Crippen molar-refractivity contribution in [1.82, 2.24) is 0 Å². The molecule has 8 nitrogen and oxygen atoms in total. The highest BCUT2D eigenvalue weighted by atomic mass is 19.4. The lowest BCUT2D eigenvalue weighted by Crippen LogP contribution is -2.63. The molecule has 11 heteroatoms. The Kier molecular flexibility index (Phi) is 10.5. The molecule has 0 radical (unpaired) electrons. The van der Waals surface area contributed by atoms with Crippen molar-refractivity contribution < 1.29 is 51.2 Å². The summed E-state index contributed by atoms with van der Waals surface area (Å²) in [5.74, 6) is -5.33. The van der Waals surface area contributed by atoms with Gasteiger partial charge in [-0.3, -0.25) is 0 Å². The van der Waals surface area contributed by atoms with Gasteiger partial charge in [-0.05, 0) is 49.2 Å². The first kappa shape index (κ1) is 32.2. The summed E-state index contributed by atoms with van der Waals surface area (Å²) in [7, 11) is 0. The molecule has 1 heterocycles. The molecule has 0 N–H and O–H groups in total. The van der Waals surface area contributed by atoms with Crippen LogP contribution in [0, 0.1) is 5.92 Å². The number of carbonyl (C=O) groups is 3. The van der Waals surface area contributed by atoms with E-state index >= 15 is 0 Å². The van der Waals surface area contributed by atoms with Crippen molar-refractivity contribution in [3.63, 3.8) is 0 Å². The fraction of sp³-hybridized carbons (Fsp3) is 0.382. The third-order valence-corrected chi connectivity index (χ3v) is 7.80. The highest BCUT2D eigenvalue weighted by Crippen LogP contribution is 2.43. The van der Waals surface area contributed by atoms with Crippen LogP contribution in [0.3, 0.4) is 0 Å². The molecule has 0 spiro atoms. The van der Waals surface area contributed by atoms with Gasteiger partial charge in [0.25, 0.3) is 0 Å². The molecule has 1 aliphatic heterocycles. The zero-order valence-electron chi connectivity index (χ0n) is 24.3. The van der Waals surface area contributed by atoms with Crippen molar-refractivity contribution in [3.8, 4) is 0 Å². The molecule has 0 bridgehead atoms. The highest BCUT2D eigenvalue weighted by Gasteiger charge is 2.61. The van der Waals surface area contributed by atoms with Gasteiger partial charge in [0.2, 0.25) is 0 Å². The van der Waals surface area contributed by atoms with E-state index in [1.54, 1.807) is 42.5 Å². The molecule has 2 fully saturated rings. The summed E-state index contributed by atoms with van der Waals surface area (Å²) < 4.78 is 73.4. The summed E-state index contributed by atoms with van der Waals surface area (Å²) in [5, 5.41) is 0. The Balaban J connectivity index is 1.51. The van der Waals surface area contributed by atoms with Crippen LogP contribution in [0.15, 0.2) is 91.0 Å². The van der Waals surface area contributed by atoms with Crippen LogP contribution in [0.4, 0.5) is 13.2 Å². The van der Waals surface area contributed by atoms with Gasteiger partial charge in [-0.1, -0.05) is 73.9 Å². The first-order valence-corrected chi connectivity index (χ1v) is 14.8. The van der Waals surface area contributed by atoms with Crippen molar-refractivity contribution >= 4 is 17.9 Å². The van der Waals surface area contributed by atoms with Gasteiger partial charge < -0.3 is 23.7 Å². The Morgan fingerprint density at radius 3 is 1.62 bits per heavy atom. The van der Waals surface area contributed by atoms with Crippen LogP contribution in [0.5, 0.6) is 0 Å². The van der Waals surface area contributed by atoms with E-state index in [0.29, 0.717) is 12.8 Å². The summed E-state index contributed by atoms with van der Waals surface area (Å²) in [6.07, 6.45) is -9.36. The molecular weight excluding hydrogens is 593 g/mol. The van der Waals surface area contributed by atoms with Crippen LogP contribution < -0.4 is 0 Å². The highest BCUT2D eigenvalue weighted by molar-refractivity contribution is 5.90. The second kappa shape index (κ2) is 14.7. The number of rotatable bonds is 9. The van der Waals surface area contributed by atoms with Gasteiger partial charge in [-0.25, -0.2) is 14.4 Å². The van der Waals surface area contributed by atoms with Crippen molar-refractivity contribution in [2.75, 3.05) is 6.61 Å². The fourth-order valence-electron chi connectivity index (χ4n) is 5.52. The van der Waals surface area contributed by atoms with E-state index in [1.807, 2.05) is 0 Å². The van der Waals surface area contributed by atoms with E-state index in [-0.39, 0.29) is 16.7 Å². The molecule has 0 aromatic heterocycles. The van der Waals surface area contributed by atoms with Crippen molar-refractivity contribution in [1.29, 1.82) is 0 Å². The average Bonchev–Trinajstić information content (AvgIpc) is 3.05. The van der Waals surface area contributed by atoms with Crippen LogP contribution in [0.25, 0.3) is 0 Å². The number of esters is 3. The summed E-state index contributed by atoms with van der Waals surface area (Å²) in [4.78, 5) is 39.3. The van der Waals surface area contributed by atoms with Gasteiger partial charge in [0.05, 0.1) is 22.8 Å². The number of ether oxygens (including phenoxy) is 5. The van der Waals surface area contributed by atoms with Crippen LogP contribution in [0.2, 0.25) is 0 Å². The van der Waals surface area contributed by atoms with E-state index in [2.05, 4.69) is 0 Å². The summed E-state index contributed by atoms with van der Waals surface area (Å²) in [6, 6.07) is 23.1. The third-order valence-electron chi connectivity index (χ3n) is 7.80.